The van der Waals surface area contributed by atoms with Crippen molar-refractivity contribution in [1.29, 1.82) is 0 Å². The first-order valence-electron chi connectivity index (χ1n) is 6.86. The molecule has 1 fully saturated rings. The molecule has 1 saturated carbocycles. The third kappa shape index (κ3) is 3.96. The molecule has 0 aromatic heterocycles. The van der Waals surface area contributed by atoms with Gasteiger partial charge in [0.1, 0.15) is 5.75 Å². The third-order valence-corrected chi connectivity index (χ3v) is 3.74. The lowest BCUT2D eigenvalue weighted by Gasteiger charge is -2.17. The van der Waals surface area contributed by atoms with E-state index in [1.165, 1.54) is 19.3 Å². The predicted octanol–water partition coefficient (Wildman–Crippen LogP) is 2.41. The monoisotopic (exact) mass is 262 g/mol. The summed E-state index contributed by atoms with van der Waals surface area (Å²) in [6, 6.07) is 7.88. The number of hydrogen-bond donors (Lipinski definition) is 2. The van der Waals surface area contributed by atoms with Gasteiger partial charge in [0.2, 0.25) is 5.91 Å². The van der Waals surface area contributed by atoms with Crippen LogP contribution in [0, 0.1) is 5.92 Å². The lowest BCUT2D eigenvalue weighted by molar-refractivity contribution is -0.115. The zero-order chi connectivity index (χ0) is 13.7. The molecule has 2 atom stereocenters. The topological polar surface area (TPSA) is 50.4 Å². The van der Waals surface area contributed by atoms with Crippen molar-refractivity contribution >= 4 is 11.6 Å². The minimum Gasteiger partial charge on any atom is -0.497 e. The SMILES string of the molecule is COc1cccc(NC(=O)CNC2CCCC2C)c1. The third-order valence-electron chi connectivity index (χ3n) is 3.74. The molecule has 1 aliphatic carbocycles. The van der Waals surface area contributed by atoms with Crippen LogP contribution in [-0.4, -0.2) is 25.6 Å². The fourth-order valence-corrected chi connectivity index (χ4v) is 2.58. The van der Waals surface area contributed by atoms with Gasteiger partial charge in [0.15, 0.2) is 0 Å². The Kier molecular flexibility index (Phi) is 4.80. The molecule has 2 N–H and O–H groups in total. The minimum atomic E-state index is -0.00708. The molecular formula is C15H22N2O2. The number of hydrogen-bond acceptors (Lipinski definition) is 3. The van der Waals surface area contributed by atoms with Crippen molar-refractivity contribution in [3.05, 3.63) is 24.3 Å². The van der Waals surface area contributed by atoms with E-state index in [-0.39, 0.29) is 5.91 Å². The van der Waals surface area contributed by atoms with Gasteiger partial charge in [0.25, 0.3) is 0 Å². The molecule has 0 spiro atoms. The van der Waals surface area contributed by atoms with Crippen LogP contribution >= 0.6 is 0 Å². The van der Waals surface area contributed by atoms with Gasteiger partial charge >= 0.3 is 0 Å². The minimum absolute atomic E-state index is 0.00708. The number of carbonyl (C=O) groups excluding carboxylic acids is 1. The van der Waals surface area contributed by atoms with E-state index in [1.807, 2.05) is 24.3 Å². The predicted molar refractivity (Wildman–Crippen MR) is 76.4 cm³/mol. The lowest BCUT2D eigenvalue weighted by atomic mass is 10.1. The number of amides is 1. The Morgan fingerprint density at radius 3 is 2.95 bits per heavy atom. The second-order valence-electron chi connectivity index (χ2n) is 5.18. The first kappa shape index (κ1) is 13.9. The van der Waals surface area contributed by atoms with Crippen molar-refractivity contribution in [3.63, 3.8) is 0 Å². The second-order valence-corrected chi connectivity index (χ2v) is 5.18. The molecule has 4 heteroatoms. The smallest absolute Gasteiger partial charge is 0.238 e. The number of methoxy groups -OCH3 is 1. The quantitative estimate of drug-likeness (QED) is 0.856. The van der Waals surface area contributed by atoms with Crippen molar-refractivity contribution in [2.75, 3.05) is 19.0 Å². The molecule has 2 rings (SSSR count). The maximum absolute atomic E-state index is 11.9. The maximum atomic E-state index is 11.9. The zero-order valence-corrected chi connectivity index (χ0v) is 11.6. The van der Waals surface area contributed by atoms with Crippen LogP contribution in [0.4, 0.5) is 5.69 Å². The molecule has 0 saturated heterocycles. The molecular weight excluding hydrogens is 240 g/mol. The summed E-state index contributed by atoms with van der Waals surface area (Å²) < 4.78 is 5.12. The summed E-state index contributed by atoms with van der Waals surface area (Å²) in [4.78, 5) is 11.9. The van der Waals surface area contributed by atoms with E-state index in [1.54, 1.807) is 7.11 Å². The first-order valence-corrected chi connectivity index (χ1v) is 6.86. The highest BCUT2D eigenvalue weighted by Crippen LogP contribution is 2.24. The summed E-state index contributed by atoms with van der Waals surface area (Å²) in [7, 11) is 1.62. The Balaban J connectivity index is 1.80. The fourth-order valence-electron chi connectivity index (χ4n) is 2.58. The summed E-state index contributed by atoms with van der Waals surface area (Å²) in [5.74, 6) is 1.41. The van der Waals surface area contributed by atoms with E-state index in [2.05, 4.69) is 17.6 Å². The molecule has 1 aromatic rings. The van der Waals surface area contributed by atoms with Crippen molar-refractivity contribution in [1.82, 2.24) is 5.32 Å². The van der Waals surface area contributed by atoms with Gasteiger partial charge in [0.05, 0.1) is 13.7 Å². The molecule has 2 unspecified atom stereocenters. The van der Waals surface area contributed by atoms with Gasteiger partial charge in [-0.25, -0.2) is 0 Å². The van der Waals surface area contributed by atoms with Gasteiger partial charge in [-0.3, -0.25) is 4.79 Å². The molecule has 0 bridgehead atoms. The van der Waals surface area contributed by atoms with Crippen molar-refractivity contribution in [3.8, 4) is 5.75 Å². The van der Waals surface area contributed by atoms with E-state index >= 15 is 0 Å². The van der Waals surface area contributed by atoms with Gasteiger partial charge in [-0.05, 0) is 30.9 Å². The van der Waals surface area contributed by atoms with Crippen molar-refractivity contribution in [2.45, 2.75) is 32.2 Å². The molecule has 4 nitrogen and oxygen atoms in total. The van der Waals surface area contributed by atoms with Gasteiger partial charge in [-0.2, -0.15) is 0 Å². The van der Waals surface area contributed by atoms with E-state index in [9.17, 15) is 4.79 Å². The van der Waals surface area contributed by atoms with E-state index in [0.29, 0.717) is 18.5 Å². The molecule has 1 amide bonds. The number of rotatable bonds is 5. The van der Waals surface area contributed by atoms with Crippen LogP contribution in [0.25, 0.3) is 0 Å². The van der Waals surface area contributed by atoms with Crippen LogP contribution in [-0.2, 0) is 4.79 Å². The summed E-state index contributed by atoms with van der Waals surface area (Å²) in [6.45, 7) is 2.61. The second kappa shape index (κ2) is 6.57. The largest absolute Gasteiger partial charge is 0.497 e. The molecule has 1 aliphatic rings. The highest BCUT2D eigenvalue weighted by atomic mass is 16.5. The van der Waals surface area contributed by atoms with Crippen molar-refractivity contribution in [2.24, 2.45) is 5.92 Å². The summed E-state index contributed by atoms with van der Waals surface area (Å²) in [5, 5.41) is 6.21. The maximum Gasteiger partial charge on any atom is 0.238 e. The average Bonchev–Trinajstić information content (AvgIpc) is 2.82. The van der Waals surface area contributed by atoms with Crippen LogP contribution in [0.1, 0.15) is 26.2 Å². The fraction of sp³-hybridized carbons (Fsp3) is 0.533. The van der Waals surface area contributed by atoms with Crippen LogP contribution in [0.3, 0.4) is 0 Å². The average molecular weight is 262 g/mol. The van der Waals surface area contributed by atoms with Gasteiger partial charge in [-0.1, -0.05) is 19.4 Å². The zero-order valence-electron chi connectivity index (χ0n) is 11.6. The molecule has 104 valence electrons. The van der Waals surface area contributed by atoms with Crippen molar-refractivity contribution < 1.29 is 9.53 Å². The Hall–Kier alpha value is -1.55. The molecule has 1 aromatic carbocycles. The van der Waals surface area contributed by atoms with Crippen LogP contribution < -0.4 is 15.4 Å². The molecule has 0 radical (unpaired) electrons. The summed E-state index contributed by atoms with van der Waals surface area (Å²) >= 11 is 0. The van der Waals surface area contributed by atoms with Crippen LogP contribution in [0.5, 0.6) is 5.75 Å². The molecule has 0 heterocycles. The summed E-state index contributed by atoms with van der Waals surface area (Å²) in [5.41, 5.74) is 0.769. The number of carbonyl (C=O) groups is 1. The van der Waals surface area contributed by atoms with Gasteiger partial charge in [0, 0.05) is 17.8 Å². The van der Waals surface area contributed by atoms with Crippen LogP contribution in [0.2, 0.25) is 0 Å². The standard InChI is InChI=1S/C15H22N2O2/c1-11-5-3-8-14(11)16-10-15(18)17-12-6-4-7-13(9-12)19-2/h4,6-7,9,11,14,16H,3,5,8,10H2,1-2H3,(H,17,18). The number of nitrogens with one attached hydrogen (secondary N) is 2. The molecule has 19 heavy (non-hydrogen) atoms. The van der Waals surface area contributed by atoms with Crippen LogP contribution in [0.15, 0.2) is 24.3 Å². The van der Waals surface area contributed by atoms with Gasteiger partial charge < -0.3 is 15.4 Å². The van der Waals surface area contributed by atoms with E-state index in [4.69, 9.17) is 4.74 Å². The van der Waals surface area contributed by atoms with Gasteiger partial charge in [-0.15, -0.1) is 0 Å². The highest BCUT2D eigenvalue weighted by Gasteiger charge is 2.23. The number of benzene rings is 1. The highest BCUT2D eigenvalue weighted by molar-refractivity contribution is 5.92. The first-order chi connectivity index (χ1) is 9.19. The number of anilines is 1. The summed E-state index contributed by atoms with van der Waals surface area (Å²) in [6.07, 6.45) is 3.69. The lowest BCUT2D eigenvalue weighted by Crippen LogP contribution is -2.37. The Morgan fingerprint density at radius 1 is 1.42 bits per heavy atom. The number of ether oxygens (including phenoxy) is 1. The molecule has 0 aliphatic heterocycles. The Bertz CT molecular complexity index is 434. The Morgan fingerprint density at radius 2 is 2.26 bits per heavy atom. The Labute approximate surface area is 114 Å². The van der Waals surface area contributed by atoms with E-state index < -0.39 is 0 Å². The van der Waals surface area contributed by atoms with E-state index in [0.717, 1.165) is 11.4 Å². The normalized spacial score (nSPS) is 22.2.